The molecule has 1 aromatic heterocycles. The maximum atomic E-state index is 13.1. The molecule has 2 N–H and O–H groups in total. The standard InChI is InChI=1S/C9H9BrF2N2/c10-7-1-6(2-14-3-7)8(5-13)4-9(8,11)12/h1-3H,4-5,13H2. The van der Waals surface area contributed by atoms with Gasteiger partial charge < -0.3 is 5.73 Å². The second-order valence-electron chi connectivity index (χ2n) is 3.56. The highest BCUT2D eigenvalue weighted by atomic mass is 79.9. The third-order valence-electron chi connectivity index (χ3n) is 2.70. The van der Waals surface area contributed by atoms with Gasteiger partial charge >= 0.3 is 0 Å². The van der Waals surface area contributed by atoms with Gasteiger partial charge in [-0.1, -0.05) is 0 Å². The van der Waals surface area contributed by atoms with Crippen LogP contribution in [0.2, 0.25) is 0 Å². The highest BCUT2D eigenvalue weighted by Gasteiger charge is 2.71. The fourth-order valence-electron chi connectivity index (χ4n) is 1.66. The van der Waals surface area contributed by atoms with Crippen LogP contribution in [0.3, 0.4) is 0 Å². The predicted molar refractivity (Wildman–Crippen MR) is 52.2 cm³/mol. The Morgan fingerprint density at radius 2 is 2.14 bits per heavy atom. The smallest absolute Gasteiger partial charge is 0.260 e. The molecule has 0 aliphatic heterocycles. The summed E-state index contributed by atoms with van der Waals surface area (Å²) in [5, 5.41) is 0. The number of halogens is 3. The molecule has 0 amide bonds. The second-order valence-corrected chi connectivity index (χ2v) is 4.47. The first-order chi connectivity index (χ1) is 6.52. The largest absolute Gasteiger partial charge is 0.329 e. The van der Waals surface area contributed by atoms with Crippen LogP contribution in [0.5, 0.6) is 0 Å². The van der Waals surface area contributed by atoms with Gasteiger partial charge in [0.2, 0.25) is 0 Å². The van der Waals surface area contributed by atoms with E-state index in [9.17, 15) is 8.78 Å². The molecule has 1 aromatic rings. The van der Waals surface area contributed by atoms with Crippen LogP contribution >= 0.6 is 15.9 Å². The van der Waals surface area contributed by atoms with Crippen LogP contribution in [0.4, 0.5) is 8.78 Å². The Hall–Kier alpha value is -0.550. The molecule has 1 atom stereocenters. The Kier molecular flexibility index (Phi) is 2.12. The molecular formula is C9H9BrF2N2. The van der Waals surface area contributed by atoms with E-state index in [0.717, 1.165) is 0 Å². The van der Waals surface area contributed by atoms with Crippen molar-refractivity contribution in [1.82, 2.24) is 4.98 Å². The molecule has 1 aliphatic carbocycles. The lowest BCUT2D eigenvalue weighted by Crippen LogP contribution is -2.26. The van der Waals surface area contributed by atoms with Gasteiger partial charge in [0, 0.05) is 29.8 Å². The first-order valence-electron chi connectivity index (χ1n) is 4.21. The third kappa shape index (κ3) is 1.26. The van der Waals surface area contributed by atoms with Crippen molar-refractivity contribution in [2.75, 3.05) is 6.54 Å². The molecule has 1 saturated carbocycles. The SMILES string of the molecule is NCC1(c2cncc(Br)c2)CC1(F)F. The summed E-state index contributed by atoms with van der Waals surface area (Å²) in [5.74, 6) is -2.68. The van der Waals surface area contributed by atoms with Gasteiger partial charge in [-0.25, -0.2) is 8.78 Å². The van der Waals surface area contributed by atoms with E-state index in [4.69, 9.17) is 5.73 Å². The predicted octanol–water partition coefficient (Wildman–Crippen LogP) is 2.08. The summed E-state index contributed by atoms with van der Waals surface area (Å²) in [7, 11) is 0. The number of nitrogens with two attached hydrogens (primary N) is 1. The van der Waals surface area contributed by atoms with Gasteiger partial charge in [-0.15, -0.1) is 0 Å². The fourth-order valence-corrected chi connectivity index (χ4v) is 2.03. The van der Waals surface area contributed by atoms with Crippen LogP contribution in [0.25, 0.3) is 0 Å². The first-order valence-corrected chi connectivity index (χ1v) is 5.00. The Balaban J connectivity index is 2.40. The lowest BCUT2D eigenvalue weighted by Gasteiger charge is -2.13. The molecule has 0 radical (unpaired) electrons. The van der Waals surface area contributed by atoms with Crippen LogP contribution in [0.1, 0.15) is 12.0 Å². The second kappa shape index (κ2) is 2.97. The number of nitrogens with zero attached hydrogens (tertiary/aromatic N) is 1. The Morgan fingerprint density at radius 3 is 2.57 bits per heavy atom. The Morgan fingerprint density at radius 1 is 1.50 bits per heavy atom. The molecule has 1 unspecified atom stereocenters. The molecule has 2 rings (SSSR count). The molecule has 1 aliphatic rings. The molecule has 0 bridgehead atoms. The first kappa shape index (κ1) is 9.98. The zero-order valence-corrected chi connectivity index (χ0v) is 8.89. The van der Waals surface area contributed by atoms with Crippen molar-refractivity contribution in [2.24, 2.45) is 5.73 Å². The van der Waals surface area contributed by atoms with Crippen LogP contribution in [0.15, 0.2) is 22.9 Å². The van der Waals surface area contributed by atoms with Gasteiger partial charge in [-0.2, -0.15) is 0 Å². The lowest BCUT2D eigenvalue weighted by molar-refractivity contribution is 0.0895. The van der Waals surface area contributed by atoms with Crippen LogP contribution < -0.4 is 5.73 Å². The summed E-state index contributed by atoms with van der Waals surface area (Å²) < 4.78 is 27.0. The minimum Gasteiger partial charge on any atom is -0.329 e. The topological polar surface area (TPSA) is 38.9 Å². The number of rotatable bonds is 2. The van der Waals surface area contributed by atoms with E-state index in [0.29, 0.717) is 10.0 Å². The monoisotopic (exact) mass is 262 g/mol. The molecule has 14 heavy (non-hydrogen) atoms. The number of hydrogen-bond donors (Lipinski definition) is 1. The molecule has 5 heteroatoms. The Bertz CT molecular complexity index is 370. The highest BCUT2D eigenvalue weighted by molar-refractivity contribution is 9.10. The van der Waals surface area contributed by atoms with Crippen molar-refractivity contribution in [1.29, 1.82) is 0 Å². The summed E-state index contributed by atoms with van der Waals surface area (Å²) in [4.78, 5) is 3.87. The van der Waals surface area contributed by atoms with Gasteiger partial charge in [0.25, 0.3) is 5.92 Å². The van der Waals surface area contributed by atoms with Crippen molar-refractivity contribution in [3.8, 4) is 0 Å². The summed E-state index contributed by atoms with van der Waals surface area (Å²) >= 11 is 3.20. The van der Waals surface area contributed by atoms with Gasteiger partial charge in [0.05, 0.1) is 5.41 Å². The summed E-state index contributed by atoms with van der Waals surface area (Å²) in [6.45, 7) is -0.0435. The molecule has 2 nitrogen and oxygen atoms in total. The normalized spacial score (nSPS) is 28.9. The van der Waals surface area contributed by atoms with Crippen molar-refractivity contribution < 1.29 is 8.78 Å². The molecule has 1 fully saturated rings. The average molecular weight is 263 g/mol. The number of hydrogen-bond acceptors (Lipinski definition) is 2. The van der Waals surface area contributed by atoms with E-state index in [1.165, 1.54) is 6.20 Å². The van der Waals surface area contributed by atoms with Gasteiger partial charge in [-0.05, 0) is 27.6 Å². The highest BCUT2D eigenvalue weighted by Crippen LogP contribution is 2.60. The number of aromatic nitrogens is 1. The van der Waals surface area contributed by atoms with Gasteiger partial charge in [0.15, 0.2) is 0 Å². The quantitative estimate of drug-likeness (QED) is 0.887. The fraction of sp³-hybridized carbons (Fsp3) is 0.444. The molecule has 0 saturated heterocycles. The zero-order valence-electron chi connectivity index (χ0n) is 7.30. The van der Waals surface area contributed by atoms with Crippen molar-refractivity contribution in [3.63, 3.8) is 0 Å². The number of alkyl halides is 2. The maximum absolute atomic E-state index is 13.1. The molecule has 1 heterocycles. The van der Waals surface area contributed by atoms with Crippen LogP contribution in [-0.4, -0.2) is 17.5 Å². The molecular weight excluding hydrogens is 254 g/mol. The number of pyridine rings is 1. The van der Waals surface area contributed by atoms with Crippen LogP contribution in [0, 0.1) is 0 Å². The van der Waals surface area contributed by atoms with Crippen molar-refractivity contribution in [2.45, 2.75) is 17.8 Å². The summed E-state index contributed by atoms with van der Waals surface area (Å²) in [6, 6.07) is 1.65. The molecule has 0 spiro atoms. The van der Waals surface area contributed by atoms with E-state index < -0.39 is 11.3 Å². The third-order valence-corrected chi connectivity index (χ3v) is 3.14. The van der Waals surface area contributed by atoms with E-state index in [-0.39, 0.29) is 13.0 Å². The summed E-state index contributed by atoms with van der Waals surface area (Å²) in [5.41, 5.74) is 4.74. The minimum atomic E-state index is -2.68. The molecule has 0 aromatic carbocycles. The maximum Gasteiger partial charge on any atom is 0.260 e. The van der Waals surface area contributed by atoms with E-state index >= 15 is 0 Å². The average Bonchev–Trinajstić information content (AvgIpc) is 2.70. The van der Waals surface area contributed by atoms with Crippen molar-refractivity contribution >= 4 is 15.9 Å². The lowest BCUT2D eigenvalue weighted by atomic mass is 9.97. The minimum absolute atomic E-state index is 0.0435. The zero-order chi connectivity index (χ0) is 10.4. The van der Waals surface area contributed by atoms with E-state index in [1.807, 2.05) is 0 Å². The van der Waals surface area contributed by atoms with Crippen LogP contribution in [-0.2, 0) is 5.41 Å². The van der Waals surface area contributed by atoms with Gasteiger partial charge in [0.1, 0.15) is 0 Å². The van der Waals surface area contributed by atoms with E-state index in [1.54, 1.807) is 12.3 Å². The van der Waals surface area contributed by atoms with Gasteiger partial charge in [-0.3, -0.25) is 4.98 Å². The Labute approximate surface area is 88.6 Å². The van der Waals surface area contributed by atoms with Crippen molar-refractivity contribution in [3.05, 3.63) is 28.5 Å². The molecule has 76 valence electrons. The summed E-state index contributed by atoms with van der Waals surface area (Å²) in [6.07, 6.45) is 2.85. The van der Waals surface area contributed by atoms with E-state index in [2.05, 4.69) is 20.9 Å².